The van der Waals surface area contributed by atoms with Gasteiger partial charge in [0.2, 0.25) is 0 Å². The van der Waals surface area contributed by atoms with Gasteiger partial charge in [-0.3, -0.25) is 4.79 Å². The third-order valence-electron chi connectivity index (χ3n) is 3.77. The van der Waals surface area contributed by atoms with Gasteiger partial charge in [-0.05, 0) is 25.5 Å². The van der Waals surface area contributed by atoms with Crippen molar-refractivity contribution in [2.24, 2.45) is 0 Å². The van der Waals surface area contributed by atoms with Crippen molar-refractivity contribution in [3.05, 3.63) is 53.3 Å². The molecule has 1 amide bonds. The molecular formula is C17H17ClN4O2. The summed E-state index contributed by atoms with van der Waals surface area (Å²) in [4.78, 5) is 12.4. The molecule has 0 aliphatic carbocycles. The van der Waals surface area contributed by atoms with E-state index in [4.69, 9.17) is 16.1 Å². The standard InChI is InChI=1S/C17H17ClN4O2/c1-3-11(2)22-16(7-8-19-22)20-17(23)14-10-15(24-21-14)12-5-4-6-13(18)9-12/h4-11H,3H2,1-2H3,(H,20,23). The van der Waals surface area contributed by atoms with Crippen molar-refractivity contribution in [3.63, 3.8) is 0 Å². The Morgan fingerprint density at radius 1 is 1.38 bits per heavy atom. The van der Waals surface area contributed by atoms with Crippen LogP contribution in [0.2, 0.25) is 5.02 Å². The minimum Gasteiger partial charge on any atom is -0.355 e. The Morgan fingerprint density at radius 3 is 2.96 bits per heavy atom. The maximum atomic E-state index is 12.4. The zero-order chi connectivity index (χ0) is 17.1. The maximum Gasteiger partial charge on any atom is 0.279 e. The molecule has 0 saturated heterocycles. The molecule has 3 aromatic rings. The van der Waals surface area contributed by atoms with Crippen LogP contribution in [-0.4, -0.2) is 20.8 Å². The van der Waals surface area contributed by atoms with Crippen LogP contribution in [0, 0.1) is 0 Å². The smallest absolute Gasteiger partial charge is 0.279 e. The summed E-state index contributed by atoms with van der Waals surface area (Å²) < 4.78 is 7.03. The van der Waals surface area contributed by atoms with E-state index in [0.29, 0.717) is 16.6 Å². The van der Waals surface area contributed by atoms with E-state index in [0.717, 1.165) is 12.0 Å². The molecule has 2 heterocycles. The molecule has 0 aliphatic heterocycles. The summed E-state index contributed by atoms with van der Waals surface area (Å²) in [5, 5.41) is 11.5. The Bertz CT molecular complexity index is 856. The lowest BCUT2D eigenvalue weighted by Crippen LogP contribution is -2.17. The van der Waals surface area contributed by atoms with Crippen LogP contribution in [-0.2, 0) is 0 Å². The number of anilines is 1. The van der Waals surface area contributed by atoms with Gasteiger partial charge < -0.3 is 9.84 Å². The van der Waals surface area contributed by atoms with Gasteiger partial charge in [0.05, 0.1) is 12.2 Å². The number of nitrogens with zero attached hydrogens (tertiary/aromatic N) is 3. The first kappa shape index (κ1) is 16.3. The molecule has 1 aromatic carbocycles. The van der Waals surface area contributed by atoms with Gasteiger partial charge in [-0.25, -0.2) is 4.68 Å². The lowest BCUT2D eigenvalue weighted by Gasteiger charge is -2.13. The Hall–Kier alpha value is -2.60. The SMILES string of the molecule is CCC(C)n1nccc1NC(=O)c1cc(-c2cccc(Cl)c2)on1. The first-order valence-corrected chi connectivity index (χ1v) is 8.03. The predicted molar refractivity (Wildman–Crippen MR) is 92.1 cm³/mol. The average Bonchev–Trinajstić information content (AvgIpc) is 3.23. The minimum atomic E-state index is -0.350. The molecule has 2 aromatic heterocycles. The van der Waals surface area contributed by atoms with E-state index in [2.05, 4.69) is 22.5 Å². The van der Waals surface area contributed by atoms with E-state index in [-0.39, 0.29) is 17.6 Å². The van der Waals surface area contributed by atoms with E-state index in [1.165, 1.54) is 0 Å². The van der Waals surface area contributed by atoms with Crippen LogP contribution in [0.15, 0.2) is 47.1 Å². The molecule has 6 nitrogen and oxygen atoms in total. The highest BCUT2D eigenvalue weighted by atomic mass is 35.5. The number of halogens is 1. The van der Waals surface area contributed by atoms with Crippen molar-refractivity contribution < 1.29 is 9.32 Å². The highest BCUT2D eigenvalue weighted by molar-refractivity contribution is 6.30. The molecule has 0 fully saturated rings. The van der Waals surface area contributed by atoms with Crippen molar-refractivity contribution in [2.75, 3.05) is 5.32 Å². The van der Waals surface area contributed by atoms with Crippen molar-refractivity contribution in [3.8, 4) is 11.3 Å². The largest absolute Gasteiger partial charge is 0.355 e. The second-order valence-corrected chi connectivity index (χ2v) is 5.90. The van der Waals surface area contributed by atoms with Gasteiger partial charge >= 0.3 is 0 Å². The van der Waals surface area contributed by atoms with Crippen molar-refractivity contribution >= 4 is 23.3 Å². The zero-order valence-electron chi connectivity index (χ0n) is 13.4. The number of benzene rings is 1. The van der Waals surface area contributed by atoms with Crippen molar-refractivity contribution in [1.29, 1.82) is 0 Å². The fourth-order valence-electron chi connectivity index (χ4n) is 2.28. The fraction of sp³-hybridized carbons (Fsp3) is 0.235. The van der Waals surface area contributed by atoms with Crippen molar-refractivity contribution in [1.82, 2.24) is 14.9 Å². The van der Waals surface area contributed by atoms with E-state index in [1.54, 1.807) is 35.1 Å². The van der Waals surface area contributed by atoms with Gasteiger partial charge in [-0.15, -0.1) is 0 Å². The minimum absolute atomic E-state index is 0.189. The molecule has 7 heteroatoms. The van der Waals surface area contributed by atoms with Gasteiger partial charge in [-0.1, -0.05) is 35.8 Å². The fourth-order valence-corrected chi connectivity index (χ4v) is 2.47. The first-order chi connectivity index (χ1) is 11.6. The highest BCUT2D eigenvalue weighted by Crippen LogP contribution is 2.24. The number of carbonyl (C=O) groups excluding carboxylic acids is 1. The second-order valence-electron chi connectivity index (χ2n) is 5.46. The van der Waals surface area contributed by atoms with Gasteiger partial charge in [0.1, 0.15) is 5.82 Å². The van der Waals surface area contributed by atoms with E-state index < -0.39 is 0 Å². The molecule has 1 atom stereocenters. The van der Waals surface area contributed by atoms with Gasteiger partial charge in [-0.2, -0.15) is 5.10 Å². The second kappa shape index (κ2) is 6.88. The van der Waals surface area contributed by atoms with Gasteiger partial charge in [0, 0.05) is 22.7 Å². The van der Waals surface area contributed by atoms with E-state index in [9.17, 15) is 4.79 Å². The normalized spacial score (nSPS) is 12.1. The summed E-state index contributed by atoms with van der Waals surface area (Å²) in [5.41, 5.74) is 0.959. The number of amides is 1. The lowest BCUT2D eigenvalue weighted by atomic mass is 10.1. The molecule has 24 heavy (non-hydrogen) atoms. The number of rotatable bonds is 5. The zero-order valence-corrected chi connectivity index (χ0v) is 14.1. The Kier molecular flexibility index (Phi) is 4.66. The molecular weight excluding hydrogens is 328 g/mol. The molecule has 1 unspecified atom stereocenters. The predicted octanol–water partition coefficient (Wildman–Crippen LogP) is 4.41. The summed E-state index contributed by atoms with van der Waals surface area (Å²) in [5.74, 6) is 0.761. The van der Waals surface area contributed by atoms with Gasteiger partial charge in [0.15, 0.2) is 11.5 Å². The number of hydrogen-bond acceptors (Lipinski definition) is 4. The Labute approximate surface area is 144 Å². The monoisotopic (exact) mass is 344 g/mol. The van der Waals surface area contributed by atoms with Crippen LogP contribution in [0.1, 0.15) is 36.8 Å². The number of carbonyl (C=O) groups is 1. The van der Waals surface area contributed by atoms with Gasteiger partial charge in [0.25, 0.3) is 5.91 Å². The van der Waals surface area contributed by atoms with Crippen LogP contribution in [0.25, 0.3) is 11.3 Å². The molecule has 0 saturated carbocycles. The Balaban J connectivity index is 1.78. The Morgan fingerprint density at radius 2 is 2.21 bits per heavy atom. The van der Waals surface area contributed by atoms with Crippen LogP contribution in [0.4, 0.5) is 5.82 Å². The van der Waals surface area contributed by atoms with Crippen molar-refractivity contribution in [2.45, 2.75) is 26.3 Å². The lowest BCUT2D eigenvalue weighted by molar-refractivity contribution is 0.101. The highest BCUT2D eigenvalue weighted by Gasteiger charge is 2.17. The molecule has 0 spiro atoms. The van der Waals surface area contributed by atoms with Crippen LogP contribution >= 0.6 is 11.6 Å². The summed E-state index contributed by atoms with van der Waals surface area (Å²) in [6, 6.07) is 10.7. The number of nitrogens with one attached hydrogen (secondary N) is 1. The average molecular weight is 345 g/mol. The number of hydrogen-bond donors (Lipinski definition) is 1. The summed E-state index contributed by atoms with van der Waals surface area (Å²) >= 11 is 5.97. The van der Waals surface area contributed by atoms with E-state index >= 15 is 0 Å². The molecule has 0 radical (unpaired) electrons. The van der Waals surface area contributed by atoms with Crippen LogP contribution < -0.4 is 5.32 Å². The number of aromatic nitrogens is 3. The summed E-state index contributed by atoms with van der Waals surface area (Å²) in [6.45, 7) is 4.10. The molecule has 124 valence electrons. The molecule has 0 bridgehead atoms. The first-order valence-electron chi connectivity index (χ1n) is 7.66. The summed E-state index contributed by atoms with van der Waals surface area (Å²) in [7, 11) is 0. The third kappa shape index (κ3) is 3.33. The summed E-state index contributed by atoms with van der Waals surface area (Å²) in [6.07, 6.45) is 2.56. The quantitative estimate of drug-likeness (QED) is 0.743. The van der Waals surface area contributed by atoms with E-state index in [1.807, 2.05) is 19.1 Å². The molecule has 1 N–H and O–H groups in total. The third-order valence-corrected chi connectivity index (χ3v) is 4.01. The van der Waals surface area contributed by atoms with Crippen LogP contribution in [0.3, 0.4) is 0 Å². The topological polar surface area (TPSA) is 73.0 Å². The maximum absolute atomic E-state index is 12.4. The van der Waals surface area contributed by atoms with Crippen LogP contribution in [0.5, 0.6) is 0 Å². The molecule has 3 rings (SSSR count). The molecule has 0 aliphatic rings.